The molecule has 0 spiro atoms. The Labute approximate surface area is 200 Å². The number of amides is 1. The van der Waals surface area contributed by atoms with Crippen LogP contribution in [0, 0.1) is 5.92 Å². The van der Waals surface area contributed by atoms with E-state index in [2.05, 4.69) is 22.3 Å². The molecule has 2 heterocycles. The number of morpholine rings is 1. The molecule has 2 fully saturated rings. The van der Waals surface area contributed by atoms with Crippen LogP contribution in [0.15, 0.2) is 53.4 Å². The van der Waals surface area contributed by atoms with Crippen LogP contribution in [0.5, 0.6) is 0 Å². The molecule has 2 saturated heterocycles. The second-order valence-corrected chi connectivity index (χ2v) is 10.9. The molecule has 0 saturated carbocycles. The highest BCUT2D eigenvalue weighted by molar-refractivity contribution is 7.89. The molecule has 0 unspecified atom stereocenters. The van der Waals surface area contributed by atoms with E-state index in [0.29, 0.717) is 37.5 Å². The van der Waals surface area contributed by atoms with E-state index in [1.807, 2.05) is 12.1 Å². The molecule has 2 aliphatic heterocycles. The van der Waals surface area contributed by atoms with Crippen LogP contribution in [0.1, 0.15) is 24.0 Å². The first-order valence-electron chi connectivity index (χ1n) is 11.3. The number of carbonyl (C=O) groups is 1. The summed E-state index contributed by atoms with van der Waals surface area (Å²) in [5.74, 6) is -0.199. The van der Waals surface area contributed by atoms with Gasteiger partial charge in [0.05, 0.1) is 18.1 Å². The van der Waals surface area contributed by atoms with Crippen molar-refractivity contribution in [3.8, 4) is 0 Å². The molecule has 0 aromatic heterocycles. The number of rotatable bonds is 7. The number of hydrogen-bond acceptors (Lipinski definition) is 5. The van der Waals surface area contributed by atoms with Crippen LogP contribution in [-0.2, 0) is 32.6 Å². The van der Waals surface area contributed by atoms with Gasteiger partial charge < -0.3 is 10.1 Å². The Kier molecular flexibility index (Phi) is 8.03. The van der Waals surface area contributed by atoms with Crippen molar-refractivity contribution in [2.75, 3.05) is 39.4 Å². The average Bonchev–Trinajstić information content (AvgIpc) is 2.84. The van der Waals surface area contributed by atoms with Crippen molar-refractivity contribution in [2.45, 2.75) is 30.8 Å². The molecular formula is C24H30ClN3O4S. The summed E-state index contributed by atoms with van der Waals surface area (Å²) in [5.41, 5.74) is 2.29. The number of ether oxygens (including phenoxy) is 1. The second-order valence-electron chi connectivity index (χ2n) is 8.56. The van der Waals surface area contributed by atoms with Crippen LogP contribution in [0.4, 0.5) is 0 Å². The second kappa shape index (κ2) is 11.0. The van der Waals surface area contributed by atoms with Crippen molar-refractivity contribution in [1.29, 1.82) is 0 Å². The van der Waals surface area contributed by atoms with E-state index in [4.69, 9.17) is 16.3 Å². The van der Waals surface area contributed by atoms with E-state index in [-0.39, 0.29) is 16.7 Å². The van der Waals surface area contributed by atoms with Crippen molar-refractivity contribution in [1.82, 2.24) is 14.5 Å². The zero-order valence-corrected chi connectivity index (χ0v) is 20.2. The molecule has 0 aliphatic carbocycles. The minimum atomic E-state index is -3.57. The van der Waals surface area contributed by atoms with Gasteiger partial charge in [0.15, 0.2) is 0 Å². The standard InChI is InChI=1S/C24H30ClN3O4S/c25-22-4-6-23(7-5-22)33(30,31)28-10-8-21(9-11-28)24(29)26-17-19-2-1-3-20(16-19)18-27-12-14-32-15-13-27/h1-7,16,21H,8-15,17-18H2,(H,26,29). The molecule has 7 nitrogen and oxygen atoms in total. The Morgan fingerprint density at radius 1 is 1.00 bits per heavy atom. The third-order valence-corrected chi connectivity index (χ3v) is 8.41. The fourth-order valence-corrected chi connectivity index (χ4v) is 5.90. The normalized spacial score (nSPS) is 18.8. The first-order valence-corrected chi connectivity index (χ1v) is 13.1. The van der Waals surface area contributed by atoms with Crippen molar-refractivity contribution in [3.63, 3.8) is 0 Å². The number of piperidine rings is 1. The minimum absolute atomic E-state index is 0.0166. The van der Waals surface area contributed by atoms with Gasteiger partial charge in [-0.15, -0.1) is 0 Å². The highest BCUT2D eigenvalue weighted by atomic mass is 35.5. The maximum Gasteiger partial charge on any atom is 0.243 e. The third-order valence-electron chi connectivity index (χ3n) is 6.24. The first kappa shape index (κ1) is 24.2. The van der Waals surface area contributed by atoms with E-state index in [9.17, 15) is 13.2 Å². The molecule has 2 aromatic rings. The van der Waals surface area contributed by atoms with Gasteiger partial charge in [-0.05, 0) is 48.2 Å². The van der Waals surface area contributed by atoms with Gasteiger partial charge in [-0.3, -0.25) is 9.69 Å². The van der Waals surface area contributed by atoms with Gasteiger partial charge in [-0.2, -0.15) is 4.31 Å². The molecule has 2 aromatic carbocycles. The number of sulfonamides is 1. The summed E-state index contributed by atoms with van der Waals surface area (Å²) in [6.07, 6.45) is 1.02. The molecule has 2 aliphatic rings. The molecule has 0 radical (unpaired) electrons. The minimum Gasteiger partial charge on any atom is -0.379 e. The molecule has 33 heavy (non-hydrogen) atoms. The maximum atomic E-state index is 12.8. The summed E-state index contributed by atoms with van der Waals surface area (Å²) in [6, 6.07) is 14.5. The van der Waals surface area contributed by atoms with Gasteiger partial charge in [-0.1, -0.05) is 35.9 Å². The van der Waals surface area contributed by atoms with Crippen molar-refractivity contribution in [2.24, 2.45) is 5.92 Å². The van der Waals surface area contributed by atoms with Gasteiger partial charge in [0.1, 0.15) is 0 Å². The molecule has 0 atom stereocenters. The number of halogens is 1. The van der Waals surface area contributed by atoms with Gasteiger partial charge in [0.25, 0.3) is 0 Å². The Bertz CT molecular complexity index is 1050. The quantitative estimate of drug-likeness (QED) is 0.644. The molecule has 0 bridgehead atoms. The lowest BCUT2D eigenvalue weighted by Gasteiger charge is -2.30. The Hall–Kier alpha value is -1.97. The summed E-state index contributed by atoms with van der Waals surface area (Å²) in [5, 5.41) is 3.53. The number of nitrogens with one attached hydrogen (secondary N) is 1. The van der Waals surface area contributed by atoms with Gasteiger partial charge in [0.2, 0.25) is 15.9 Å². The summed E-state index contributed by atoms with van der Waals surface area (Å²) in [4.78, 5) is 15.3. The number of nitrogens with zero attached hydrogens (tertiary/aromatic N) is 2. The highest BCUT2D eigenvalue weighted by Gasteiger charge is 2.32. The molecule has 9 heteroatoms. The van der Waals surface area contributed by atoms with E-state index >= 15 is 0 Å². The Balaban J connectivity index is 1.26. The lowest BCUT2D eigenvalue weighted by atomic mass is 9.97. The maximum absolute atomic E-state index is 12.8. The van der Waals surface area contributed by atoms with Crippen LogP contribution in [-0.4, -0.2) is 62.9 Å². The fourth-order valence-electron chi connectivity index (χ4n) is 4.30. The average molecular weight is 492 g/mol. The van der Waals surface area contributed by atoms with Gasteiger partial charge in [0, 0.05) is 50.2 Å². The van der Waals surface area contributed by atoms with Crippen LogP contribution in [0.25, 0.3) is 0 Å². The summed E-state index contributed by atoms with van der Waals surface area (Å²) in [7, 11) is -3.57. The van der Waals surface area contributed by atoms with E-state index in [1.54, 1.807) is 12.1 Å². The number of hydrogen-bond donors (Lipinski definition) is 1. The number of benzene rings is 2. The predicted octanol–water partition coefficient (Wildman–Crippen LogP) is 2.89. The van der Waals surface area contributed by atoms with Crippen LogP contribution >= 0.6 is 11.6 Å². The van der Waals surface area contributed by atoms with Crippen LogP contribution in [0.3, 0.4) is 0 Å². The fraction of sp³-hybridized carbons (Fsp3) is 0.458. The SMILES string of the molecule is O=C(NCc1cccc(CN2CCOCC2)c1)C1CCN(S(=O)(=O)c2ccc(Cl)cc2)CC1. The predicted molar refractivity (Wildman–Crippen MR) is 127 cm³/mol. The van der Waals surface area contributed by atoms with Crippen molar-refractivity contribution < 1.29 is 17.9 Å². The van der Waals surface area contributed by atoms with Crippen molar-refractivity contribution >= 4 is 27.5 Å². The largest absolute Gasteiger partial charge is 0.379 e. The number of carbonyl (C=O) groups excluding carboxylic acids is 1. The van der Waals surface area contributed by atoms with Gasteiger partial charge >= 0.3 is 0 Å². The highest BCUT2D eigenvalue weighted by Crippen LogP contribution is 2.25. The third kappa shape index (κ3) is 6.33. The van der Waals surface area contributed by atoms with Crippen LogP contribution < -0.4 is 5.32 Å². The molecular weight excluding hydrogens is 462 g/mol. The van der Waals surface area contributed by atoms with Gasteiger partial charge in [-0.25, -0.2) is 8.42 Å². The Morgan fingerprint density at radius 3 is 2.36 bits per heavy atom. The monoisotopic (exact) mass is 491 g/mol. The lowest BCUT2D eigenvalue weighted by Crippen LogP contribution is -2.42. The molecule has 1 N–H and O–H groups in total. The summed E-state index contributed by atoms with van der Waals surface area (Å²) < 4.78 is 32.5. The molecule has 1 amide bonds. The smallest absolute Gasteiger partial charge is 0.243 e. The lowest BCUT2D eigenvalue weighted by molar-refractivity contribution is -0.126. The van der Waals surface area contributed by atoms with E-state index in [0.717, 1.165) is 38.4 Å². The zero-order valence-electron chi connectivity index (χ0n) is 18.6. The first-order chi connectivity index (χ1) is 15.9. The molecule has 4 rings (SSSR count). The van der Waals surface area contributed by atoms with Crippen molar-refractivity contribution in [3.05, 3.63) is 64.7 Å². The molecule has 178 valence electrons. The summed E-state index contributed by atoms with van der Waals surface area (Å²) in [6.45, 7) is 5.44. The van der Waals surface area contributed by atoms with Crippen LogP contribution in [0.2, 0.25) is 5.02 Å². The Morgan fingerprint density at radius 2 is 1.67 bits per heavy atom. The zero-order chi connectivity index (χ0) is 23.3. The van der Waals surface area contributed by atoms with E-state index < -0.39 is 10.0 Å². The van der Waals surface area contributed by atoms with E-state index in [1.165, 1.54) is 22.0 Å². The topological polar surface area (TPSA) is 79.0 Å². The summed E-state index contributed by atoms with van der Waals surface area (Å²) >= 11 is 5.87.